The minimum Gasteiger partial charge on any atom is -0.469 e. The Labute approximate surface area is 118 Å². The van der Waals surface area contributed by atoms with Gasteiger partial charge in [-0.15, -0.1) is 0 Å². The Bertz CT molecular complexity index is 461. The van der Waals surface area contributed by atoms with Crippen LogP contribution < -0.4 is 0 Å². The minimum absolute atomic E-state index is 0.0127. The van der Waals surface area contributed by atoms with Crippen molar-refractivity contribution in [1.82, 2.24) is 4.31 Å². The largest absolute Gasteiger partial charge is 0.469 e. The lowest BCUT2D eigenvalue weighted by Gasteiger charge is -2.32. The van der Waals surface area contributed by atoms with Crippen LogP contribution in [0, 0.1) is 0 Å². The molecular formula is C11H19NO7S. The van der Waals surface area contributed by atoms with Crippen LogP contribution in [0.1, 0.15) is 13.3 Å². The van der Waals surface area contributed by atoms with E-state index >= 15 is 0 Å². The number of carbonyl (C=O) groups is 2. The molecule has 0 saturated carbocycles. The van der Waals surface area contributed by atoms with Gasteiger partial charge in [0.2, 0.25) is 10.0 Å². The molecule has 1 aliphatic heterocycles. The maximum absolute atomic E-state index is 12.2. The molecular weight excluding hydrogens is 290 g/mol. The molecule has 0 spiro atoms. The van der Waals surface area contributed by atoms with Gasteiger partial charge in [0.15, 0.2) is 5.25 Å². The average Bonchev–Trinajstić information content (AvgIpc) is 2.45. The number of ether oxygens (including phenoxy) is 3. The molecule has 1 rings (SSSR count). The lowest BCUT2D eigenvalue weighted by molar-refractivity contribution is -0.145. The molecule has 1 heterocycles. The summed E-state index contributed by atoms with van der Waals surface area (Å²) in [6, 6.07) is 0. The highest BCUT2D eigenvalue weighted by atomic mass is 32.2. The number of esters is 2. The molecule has 2 atom stereocenters. The zero-order valence-corrected chi connectivity index (χ0v) is 12.5. The van der Waals surface area contributed by atoms with Gasteiger partial charge in [-0.25, -0.2) is 8.42 Å². The van der Waals surface area contributed by atoms with Gasteiger partial charge in [0, 0.05) is 13.1 Å². The SMILES string of the molecule is COC(=O)CC1CN(S(=O)(=O)C(C)C(=O)OC)CCO1. The standard InChI is InChI=1S/C11H19NO7S/c1-8(11(14)18-3)20(15,16)12-4-5-19-9(7-12)6-10(13)17-2/h8-9H,4-7H2,1-3H3. The van der Waals surface area contributed by atoms with Crippen molar-refractivity contribution in [2.75, 3.05) is 33.9 Å². The second-order valence-electron chi connectivity index (χ2n) is 4.34. The van der Waals surface area contributed by atoms with E-state index in [9.17, 15) is 18.0 Å². The molecule has 0 aromatic heterocycles. The van der Waals surface area contributed by atoms with E-state index in [1.165, 1.54) is 14.0 Å². The molecule has 0 aromatic carbocycles. The maximum Gasteiger partial charge on any atom is 0.325 e. The first-order chi connectivity index (χ1) is 9.32. The van der Waals surface area contributed by atoms with E-state index in [1.807, 2.05) is 0 Å². The maximum atomic E-state index is 12.2. The predicted octanol–water partition coefficient (Wildman–Crippen LogP) is -0.858. The van der Waals surface area contributed by atoms with Gasteiger partial charge in [0.1, 0.15) is 0 Å². The number of carbonyl (C=O) groups excluding carboxylic acids is 2. The summed E-state index contributed by atoms with van der Waals surface area (Å²) in [5, 5.41) is -1.29. The van der Waals surface area contributed by atoms with E-state index in [1.54, 1.807) is 0 Å². The third-order valence-electron chi connectivity index (χ3n) is 3.06. The first-order valence-corrected chi connectivity index (χ1v) is 7.58. The predicted molar refractivity (Wildman–Crippen MR) is 68.3 cm³/mol. The molecule has 20 heavy (non-hydrogen) atoms. The summed E-state index contributed by atoms with van der Waals surface area (Å²) in [4.78, 5) is 22.6. The highest BCUT2D eigenvalue weighted by Crippen LogP contribution is 2.17. The summed E-state index contributed by atoms with van der Waals surface area (Å²) in [7, 11) is -1.44. The number of rotatable bonds is 5. The quantitative estimate of drug-likeness (QED) is 0.609. The Kier molecular flexibility index (Phi) is 5.90. The summed E-state index contributed by atoms with van der Waals surface area (Å²) >= 11 is 0. The Morgan fingerprint density at radius 2 is 2.00 bits per heavy atom. The summed E-state index contributed by atoms with van der Waals surface area (Å²) in [6.07, 6.45) is -0.606. The van der Waals surface area contributed by atoms with Crippen molar-refractivity contribution in [3.8, 4) is 0 Å². The van der Waals surface area contributed by atoms with Gasteiger partial charge >= 0.3 is 11.9 Å². The zero-order chi connectivity index (χ0) is 15.3. The van der Waals surface area contributed by atoms with Gasteiger partial charge in [-0.1, -0.05) is 0 Å². The van der Waals surface area contributed by atoms with E-state index in [4.69, 9.17) is 4.74 Å². The summed E-state index contributed by atoms with van der Waals surface area (Å²) in [5.41, 5.74) is 0. The van der Waals surface area contributed by atoms with Gasteiger partial charge in [0.25, 0.3) is 0 Å². The lowest BCUT2D eigenvalue weighted by Crippen LogP contribution is -2.50. The number of sulfonamides is 1. The highest BCUT2D eigenvalue weighted by Gasteiger charge is 2.38. The molecule has 9 heteroatoms. The molecule has 0 N–H and O–H groups in total. The lowest BCUT2D eigenvalue weighted by atomic mass is 10.2. The van der Waals surface area contributed by atoms with Crippen LogP contribution in [0.2, 0.25) is 0 Å². The van der Waals surface area contributed by atoms with Crippen molar-refractivity contribution in [2.45, 2.75) is 24.7 Å². The van der Waals surface area contributed by atoms with Crippen molar-refractivity contribution >= 4 is 22.0 Å². The summed E-state index contributed by atoms with van der Waals surface area (Å²) in [5.74, 6) is -1.30. The smallest absolute Gasteiger partial charge is 0.325 e. The van der Waals surface area contributed by atoms with Gasteiger partial charge in [0.05, 0.1) is 33.4 Å². The van der Waals surface area contributed by atoms with E-state index < -0.39 is 33.3 Å². The van der Waals surface area contributed by atoms with Crippen molar-refractivity contribution in [2.24, 2.45) is 0 Å². The molecule has 1 saturated heterocycles. The molecule has 1 fully saturated rings. The van der Waals surface area contributed by atoms with Crippen LogP contribution in [0.15, 0.2) is 0 Å². The van der Waals surface area contributed by atoms with Crippen molar-refractivity contribution in [1.29, 1.82) is 0 Å². The number of hydrogen-bond acceptors (Lipinski definition) is 7. The Morgan fingerprint density at radius 3 is 2.55 bits per heavy atom. The molecule has 2 unspecified atom stereocenters. The van der Waals surface area contributed by atoms with Crippen LogP contribution in [0.5, 0.6) is 0 Å². The van der Waals surface area contributed by atoms with Crippen LogP contribution in [0.25, 0.3) is 0 Å². The van der Waals surface area contributed by atoms with Gasteiger partial charge < -0.3 is 14.2 Å². The van der Waals surface area contributed by atoms with Crippen molar-refractivity contribution < 1.29 is 32.2 Å². The van der Waals surface area contributed by atoms with Gasteiger partial charge in [-0.3, -0.25) is 9.59 Å². The van der Waals surface area contributed by atoms with Crippen LogP contribution in [0.4, 0.5) is 0 Å². The van der Waals surface area contributed by atoms with Crippen LogP contribution >= 0.6 is 0 Å². The van der Waals surface area contributed by atoms with E-state index in [2.05, 4.69) is 9.47 Å². The molecule has 8 nitrogen and oxygen atoms in total. The normalized spacial score (nSPS) is 22.1. The first-order valence-electron chi connectivity index (χ1n) is 6.08. The highest BCUT2D eigenvalue weighted by molar-refractivity contribution is 7.90. The molecule has 0 radical (unpaired) electrons. The Balaban J connectivity index is 2.75. The molecule has 0 amide bonds. The fourth-order valence-electron chi connectivity index (χ4n) is 1.83. The number of methoxy groups -OCH3 is 2. The third kappa shape index (κ3) is 3.90. The van der Waals surface area contributed by atoms with Gasteiger partial charge in [-0.2, -0.15) is 4.31 Å². The van der Waals surface area contributed by atoms with Crippen LogP contribution in [0.3, 0.4) is 0 Å². The van der Waals surface area contributed by atoms with Gasteiger partial charge in [-0.05, 0) is 6.92 Å². The Hall–Kier alpha value is -1.19. The first kappa shape index (κ1) is 16.9. The molecule has 0 aliphatic carbocycles. The third-order valence-corrected chi connectivity index (χ3v) is 5.20. The van der Waals surface area contributed by atoms with E-state index in [0.717, 1.165) is 11.4 Å². The van der Waals surface area contributed by atoms with E-state index in [0.29, 0.717) is 0 Å². The second-order valence-corrected chi connectivity index (χ2v) is 6.59. The van der Waals surface area contributed by atoms with Crippen LogP contribution in [-0.4, -0.2) is 69.9 Å². The molecule has 1 aliphatic rings. The summed E-state index contributed by atoms with van der Waals surface area (Å²) < 4.78 is 39.9. The van der Waals surface area contributed by atoms with Crippen LogP contribution in [-0.2, 0) is 33.8 Å². The number of hydrogen-bond donors (Lipinski definition) is 0. The second kappa shape index (κ2) is 7.00. The Morgan fingerprint density at radius 1 is 1.35 bits per heavy atom. The topological polar surface area (TPSA) is 99.2 Å². The number of nitrogens with zero attached hydrogens (tertiary/aromatic N) is 1. The number of morpholine rings is 1. The fourth-order valence-corrected chi connectivity index (χ4v) is 3.32. The fraction of sp³-hybridized carbons (Fsp3) is 0.818. The van der Waals surface area contributed by atoms with Crippen molar-refractivity contribution in [3.05, 3.63) is 0 Å². The molecule has 116 valence electrons. The van der Waals surface area contributed by atoms with E-state index in [-0.39, 0.29) is 26.1 Å². The zero-order valence-electron chi connectivity index (χ0n) is 11.7. The summed E-state index contributed by atoms with van der Waals surface area (Å²) in [6.45, 7) is 1.58. The monoisotopic (exact) mass is 309 g/mol. The van der Waals surface area contributed by atoms with Crippen molar-refractivity contribution in [3.63, 3.8) is 0 Å². The molecule has 0 aromatic rings. The minimum atomic E-state index is -3.82. The molecule has 0 bridgehead atoms. The average molecular weight is 309 g/mol.